The topological polar surface area (TPSA) is 81.2 Å². The Balaban J connectivity index is 1.40. The molecule has 2 fully saturated rings. The molecule has 2 aromatic rings. The van der Waals surface area contributed by atoms with Crippen molar-refractivity contribution in [2.45, 2.75) is 25.7 Å². The number of piperidine rings is 1. The van der Waals surface area contributed by atoms with Gasteiger partial charge in [0.15, 0.2) is 0 Å². The molecule has 2 saturated heterocycles. The van der Waals surface area contributed by atoms with Crippen molar-refractivity contribution in [1.29, 1.82) is 0 Å². The third-order valence-corrected chi connectivity index (χ3v) is 5.73. The van der Waals surface area contributed by atoms with Gasteiger partial charge in [-0.25, -0.2) is 9.97 Å². The highest BCUT2D eigenvalue weighted by atomic mass is 16.2. The Morgan fingerprint density at radius 3 is 2.52 bits per heavy atom. The zero-order valence-electron chi connectivity index (χ0n) is 16.1. The lowest BCUT2D eigenvalue weighted by molar-refractivity contribution is 0.0710. The molecular weight excluding hydrogens is 342 g/mol. The number of anilines is 1. The molecule has 2 aromatic heterocycles. The smallest absolute Gasteiger partial charge is 0.257 e. The van der Waals surface area contributed by atoms with Crippen LogP contribution in [0.25, 0.3) is 0 Å². The molecule has 8 heteroatoms. The standard InChI is InChI=1S/C19H27N7O/c1-14-16(13-20-19(22-14)26-11-9-24(2)10-12-26)18(27)25-7-4-15(5-8-25)17-3-6-21-23-17/h3,6,13,15H,4-5,7-12H2,1-2H3,(H,21,23). The van der Waals surface area contributed by atoms with E-state index in [1.54, 1.807) is 12.4 Å². The molecule has 0 aliphatic carbocycles. The Labute approximate surface area is 159 Å². The van der Waals surface area contributed by atoms with Gasteiger partial charge in [-0.1, -0.05) is 0 Å². The number of carbonyl (C=O) groups is 1. The number of H-pyrrole nitrogens is 1. The lowest BCUT2D eigenvalue weighted by Gasteiger charge is -2.33. The van der Waals surface area contributed by atoms with E-state index in [-0.39, 0.29) is 5.91 Å². The molecule has 0 unspecified atom stereocenters. The van der Waals surface area contributed by atoms with E-state index in [4.69, 9.17) is 0 Å². The molecule has 8 nitrogen and oxygen atoms in total. The Bertz CT molecular complexity index is 775. The van der Waals surface area contributed by atoms with Crippen molar-refractivity contribution in [3.63, 3.8) is 0 Å². The van der Waals surface area contributed by atoms with Crippen molar-refractivity contribution < 1.29 is 4.79 Å². The average molecular weight is 369 g/mol. The number of hydrogen-bond acceptors (Lipinski definition) is 6. The van der Waals surface area contributed by atoms with Gasteiger partial charge >= 0.3 is 0 Å². The molecular formula is C19H27N7O. The van der Waals surface area contributed by atoms with Crippen LogP contribution < -0.4 is 4.90 Å². The number of nitrogens with zero attached hydrogens (tertiary/aromatic N) is 6. The van der Waals surface area contributed by atoms with Gasteiger partial charge in [-0.3, -0.25) is 9.89 Å². The summed E-state index contributed by atoms with van der Waals surface area (Å²) in [5, 5.41) is 7.08. The zero-order valence-corrected chi connectivity index (χ0v) is 16.1. The van der Waals surface area contributed by atoms with Crippen molar-refractivity contribution in [3.8, 4) is 0 Å². The summed E-state index contributed by atoms with van der Waals surface area (Å²) >= 11 is 0. The summed E-state index contributed by atoms with van der Waals surface area (Å²) in [5.41, 5.74) is 2.55. The second kappa shape index (κ2) is 7.64. The largest absolute Gasteiger partial charge is 0.338 e. The van der Waals surface area contributed by atoms with E-state index in [2.05, 4.69) is 37.0 Å². The first kappa shape index (κ1) is 17.9. The Morgan fingerprint density at radius 1 is 1.15 bits per heavy atom. The maximum Gasteiger partial charge on any atom is 0.257 e. The third-order valence-electron chi connectivity index (χ3n) is 5.73. The number of amides is 1. The number of carbonyl (C=O) groups excluding carboxylic acids is 1. The number of rotatable bonds is 3. The number of aromatic nitrogens is 4. The molecule has 0 saturated carbocycles. The minimum absolute atomic E-state index is 0.0421. The van der Waals surface area contributed by atoms with E-state index in [0.29, 0.717) is 11.5 Å². The number of nitrogens with one attached hydrogen (secondary N) is 1. The first-order valence-corrected chi connectivity index (χ1v) is 9.67. The number of likely N-dealkylation sites (N-methyl/N-ethyl adjacent to an activating group) is 1. The molecule has 2 aliphatic heterocycles. The molecule has 4 heterocycles. The van der Waals surface area contributed by atoms with Gasteiger partial charge in [-0.05, 0) is 32.9 Å². The molecule has 0 spiro atoms. The minimum atomic E-state index is 0.0421. The van der Waals surface area contributed by atoms with Gasteiger partial charge in [-0.15, -0.1) is 0 Å². The van der Waals surface area contributed by atoms with Crippen LogP contribution in [0.2, 0.25) is 0 Å². The lowest BCUT2D eigenvalue weighted by atomic mass is 9.93. The van der Waals surface area contributed by atoms with E-state index in [0.717, 1.165) is 69.4 Å². The fourth-order valence-corrected chi connectivity index (χ4v) is 3.88. The van der Waals surface area contributed by atoms with Crippen LogP contribution >= 0.6 is 0 Å². The van der Waals surface area contributed by atoms with Crippen LogP contribution in [0.1, 0.15) is 40.5 Å². The second-order valence-electron chi connectivity index (χ2n) is 7.54. The summed E-state index contributed by atoms with van der Waals surface area (Å²) in [6.07, 6.45) is 5.40. The summed E-state index contributed by atoms with van der Waals surface area (Å²) in [6, 6.07) is 2.03. The fourth-order valence-electron chi connectivity index (χ4n) is 3.88. The molecule has 0 atom stereocenters. The average Bonchev–Trinajstić information content (AvgIpc) is 3.23. The van der Waals surface area contributed by atoms with Crippen LogP contribution in [0.4, 0.5) is 5.95 Å². The van der Waals surface area contributed by atoms with Gasteiger partial charge < -0.3 is 14.7 Å². The Hall–Kier alpha value is -2.48. The van der Waals surface area contributed by atoms with Crippen molar-refractivity contribution in [2.24, 2.45) is 0 Å². The van der Waals surface area contributed by atoms with Crippen molar-refractivity contribution in [2.75, 3.05) is 51.2 Å². The molecule has 1 N–H and O–H groups in total. The monoisotopic (exact) mass is 369 g/mol. The second-order valence-corrected chi connectivity index (χ2v) is 7.54. The Morgan fingerprint density at radius 2 is 1.89 bits per heavy atom. The number of aryl methyl sites for hydroxylation is 1. The van der Waals surface area contributed by atoms with Gasteiger partial charge in [0.1, 0.15) is 0 Å². The van der Waals surface area contributed by atoms with Crippen LogP contribution in [0.15, 0.2) is 18.5 Å². The summed E-state index contributed by atoms with van der Waals surface area (Å²) in [5.74, 6) is 1.23. The SMILES string of the molecule is Cc1nc(N2CCN(C)CC2)ncc1C(=O)N1CCC(c2ccn[nH]2)CC1. The van der Waals surface area contributed by atoms with E-state index in [1.165, 1.54) is 0 Å². The first-order chi connectivity index (χ1) is 13.1. The quantitative estimate of drug-likeness (QED) is 0.878. The molecule has 27 heavy (non-hydrogen) atoms. The first-order valence-electron chi connectivity index (χ1n) is 9.67. The highest BCUT2D eigenvalue weighted by Gasteiger charge is 2.27. The molecule has 0 aromatic carbocycles. The zero-order chi connectivity index (χ0) is 18.8. The van der Waals surface area contributed by atoms with Crippen molar-refractivity contribution in [1.82, 2.24) is 30.0 Å². The van der Waals surface area contributed by atoms with Gasteiger partial charge in [0.25, 0.3) is 5.91 Å². The maximum atomic E-state index is 12.9. The van der Waals surface area contributed by atoms with E-state index in [9.17, 15) is 4.79 Å². The summed E-state index contributed by atoms with van der Waals surface area (Å²) in [6.45, 7) is 7.27. The summed E-state index contributed by atoms with van der Waals surface area (Å²) in [7, 11) is 2.13. The van der Waals surface area contributed by atoms with Crippen molar-refractivity contribution in [3.05, 3.63) is 35.4 Å². The molecule has 1 amide bonds. The fraction of sp³-hybridized carbons (Fsp3) is 0.579. The van der Waals surface area contributed by atoms with E-state index >= 15 is 0 Å². The Kier molecular flexibility index (Phi) is 5.07. The van der Waals surface area contributed by atoms with Gasteiger partial charge in [0.2, 0.25) is 5.95 Å². The van der Waals surface area contributed by atoms with E-state index < -0.39 is 0 Å². The predicted octanol–water partition coefficient (Wildman–Crippen LogP) is 1.28. The van der Waals surface area contributed by atoms with Gasteiger partial charge in [-0.2, -0.15) is 5.10 Å². The number of aromatic amines is 1. The molecule has 144 valence electrons. The van der Waals surface area contributed by atoms with Crippen molar-refractivity contribution >= 4 is 11.9 Å². The molecule has 0 radical (unpaired) electrons. The minimum Gasteiger partial charge on any atom is -0.338 e. The van der Waals surface area contributed by atoms with Crippen LogP contribution in [-0.4, -0.2) is 82.2 Å². The highest BCUT2D eigenvalue weighted by Crippen LogP contribution is 2.27. The number of piperazine rings is 1. The van der Waals surface area contributed by atoms with Gasteiger partial charge in [0, 0.05) is 63.3 Å². The molecule has 2 aliphatic rings. The highest BCUT2D eigenvalue weighted by molar-refractivity contribution is 5.95. The summed E-state index contributed by atoms with van der Waals surface area (Å²) in [4.78, 5) is 28.5. The maximum absolute atomic E-state index is 12.9. The normalized spacial score (nSPS) is 19.5. The third kappa shape index (κ3) is 3.80. The lowest BCUT2D eigenvalue weighted by Crippen LogP contribution is -2.45. The van der Waals surface area contributed by atoms with Crippen LogP contribution in [-0.2, 0) is 0 Å². The van der Waals surface area contributed by atoms with Gasteiger partial charge in [0.05, 0.1) is 11.3 Å². The van der Waals surface area contributed by atoms with E-state index in [1.807, 2.05) is 17.9 Å². The number of likely N-dealkylation sites (tertiary alicyclic amines) is 1. The molecule has 4 rings (SSSR count). The van der Waals surface area contributed by atoms with Crippen LogP contribution in [0.3, 0.4) is 0 Å². The van der Waals surface area contributed by atoms with Crippen LogP contribution in [0.5, 0.6) is 0 Å². The predicted molar refractivity (Wildman–Crippen MR) is 103 cm³/mol. The number of hydrogen-bond donors (Lipinski definition) is 1. The molecule has 0 bridgehead atoms. The summed E-state index contributed by atoms with van der Waals surface area (Å²) < 4.78 is 0. The van der Waals surface area contributed by atoms with Crippen LogP contribution in [0, 0.1) is 6.92 Å².